The Morgan fingerprint density at radius 2 is 1.26 bits per heavy atom. The van der Waals surface area contributed by atoms with E-state index in [1.165, 1.54) is 0 Å². The van der Waals surface area contributed by atoms with Crippen molar-refractivity contribution < 1.29 is 63.6 Å². The second kappa shape index (κ2) is 29.1. The average molecular weight is 976 g/mol. The van der Waals surface area contributed by atoms with E-state index in [9.17, 15) is 63.6 Å². The molecule has 2 aromatic rings. The number of nitrogens with two attached hydrogens (primary N) is 4. The van der Waals surface area contributed by atoms with Crippen LogP contribution in [0.5, 0.6) is 0 Å². The first-order chi connectivity index (χ1) is 32.5. The van der Waals surface area contributed by atoms with Crippen molar-refractivity contribution in [1.29, 1.82) is 0 Å². The number of hydrogen-bond donors (Lipinski definition) is 16. The summed E-state index contributed by atoms with van der Waals surface area (Å²) in [6, 6.07) is -4.85. The zero-order chi connectivity index (χ0) is 52.0. The van der Waals surface area contributed by atoms with E-state index in [0.717, 1.165) is 24.8 Å². The monoisotopic (exact) mass is 976 g/mol. The molecule has 7 amide bonds. The van der Waals surface area contributed by atoms with E-state index in [1.54, 1.807) is 26.1 Å². The third-order valence-corrected chi connectivity index (χ3v) is 10.6. The number of H-pyrrole nitrogens is 1. The molecule has 0 spiro atoms. The maximum atomic E-state index is 14.1. The zero-order valence-corrected chi connectivity index (χ0v) is 39.2. The van der Waals surface area contributed by atoms with Gasteiger partial charge in [-0.25, -0.2) is 4.79 Å². The number of aromatic nitrogens is 1. The maximum absolute atomic E-state index is 14.1. The number of unbranched alkanes of at least 4 members (excludes halogenated alkanes) is 1. The first-order valence-corrected chi connectivity index (χ1v) is 22.4. The molecule has 26 heteroatoms. The molecule has 0 aliphatic carbocycles. The van der Waals surface area contributed by atoms with Crippen LogP contribution in [0.25, 0.3) is 10.9 Å². The average Bonchev–Trinajstić information content (AvgIpc) is 3.68. The van der Waals surface area contributed by atoms with E-state index in [-0.39, 0.29) is 50.5 Å². The molecule has 0 saturated heterocycles. The Labute approximate surface area is 398 Å². The third kappa shape index (κ3) is 20.1. The molecule has 20 N–H and O–H groups in total. The molecule has 0 unspecified atom stereocenters. The maximum Gasteiger partial charge on any atom is 0.326 e. The summed E-state index contributed by atoms with van der Waals surface area (Å²) in [4.78, 5) is 125. The molecule has 0 aliphatic rings. The van der Waals surface area contributed by atoms with E-state index < -0.39 is 121 Å². The molecule has 26 nitrogen and oxygen atoms in total. The fourth-order valence-corrected chi connectivity index (χ4v) is 6.83. The number of para-hydroxylation sites is 1. The minimum absolute atomic E-state index is 0.00264. The summed E-state index contributed by atoms with van der Waals surface area (Å²) in [7, 11) is 0. The van der Waals surface area contributed by atoms with Gasteiger partial charge in [0, 0.05) is 30.1 Å². The first kappa shape index (κ1) is 58.2. The highest BCUT2D eigenvalue weighted by Gasteiger charge is 2.35. The highest BCUT2D eigenvalue weighted by atomic mass is 16.4. The molecule has 0 bridgehead atoms. The zero-order valence-electron chi connectivity index (χ0n) is 39.2. The molecule has 1 aromatic heterocycles. The van der Waals surface area contributed by atoms with Gasteiger partial charge in [0.1, 0.15) is 42.3 Å². The molecule has 1 aromatic carbocycles. The van der Waals surface area contributed by atoms with Crippen LogP contribution in [-0.4, -0.2) is 159 Å². The number of aliphatic hydroxyl groups excluding tert-OH is 2. The summed E-state index contributed by atoms with van der Waals surface area (Å²) in [5.41, 5.74) is 24.0. The predicted octanol–water partition coefficient (Wildman–Crippen LogP) is -4.39. The van der Waals surface area contributed by atoms with Gasteiger partial charge in [-0.1, -0.05) is 38.5 Å². The normalized spacial score (nSPS) is 15.1. The van der Waals surface area contributed by atoms with Crippen molar-refractivity contribution in [3.05, 3.63) is 36.0 Å². The van der Waals surface area contributed by atoms with Gasteiger partial charge in [0.2, 0.25) is 41.4 Å². The number of carbonyl (C=O) groups excluding carboxylic acids is 7. The van der Waals surface area contributed by atoms with E-state index >= 15 is 0 Å². The Kier molecular flexibility index (Phi) is 24.5. The van der Waals surface area contributed by atoms with Crippen LogP contribution in [-0.2, 0) is 49.6 Å². The minimum Gasteiger partial charge on any atom is -0.481 e. The van der Waals surface area contributed by atoms with Gasteiger partial charge in [0.05, 0.1) is 25.2 Å². The minimum atomic E-state index is -1.90. The van der Waals surface area contributed by atoms with Crippen molar-refractivity contribution in [2.75, 3.05) is 19.7 Å². The van der Waals surface area contributed by atoms with Crippen LogP contribution in [0.4, 0.5) is 0 Å². The third-order valence-electron chi connectivity index (χ3n) is 10.6. The molecule has 9 atom stereocenters. The Bertz CT molecular complexity index is 2110. The SMILES string of the molecule is CC(C)C[C@H](NC(=O)[C@@H](NC(=O)[C@H](CC(=O)O)NC(=O)[C@H](C)NC(=O)[C@H](CO)NC(=O)[C@H](CCCN=C(N)N)NC(=O)[C@H](Cc1c[nH]c2ccccc12)NC(=O)[C@@H](N)CCCCN)[C@@H](C)O)C(=O)O. The van der Waals surface area contributed by atoms with E-state index in [4.69, 9.17) is 22.9 Å². The number of rotatable bonds is 31. The van der Waals surface area contributed by atoms with Gasteiger partial charge in [-0.15, -0.1) is 0 Å². The lowest BCUT2D eigenvalue weighted by molar-refractivity contribution is -0.144. The summed E-state index contributed by atoms with van der Waals surface area (Å²) in [6.45, 7) is 5.03. The van der Waals surface area contributed by atoms with Gasteiger partial charge in [-0.3, -0.25) is 43.3 Å². The predicted molar refractivity (Wildman–Crippen MR) is 250 cm³/mol. The van der Waals surface area contributed by atoms with Crippen LogP contribution in [0.1, 0.15) is 78.2 Å². The van der Waals surface area contributed by atoms with E-state index in [0.29, 0.717) is 24.9 Å². The van der Waals surface area contributed by atoms with Crippen molar-refractivity contribution >= 4 is 70.2 Å². The van der Waals surface area contributed by atoms with Gasteiger partial charge in [-0.05, 0) is 70.0 Å². The lowest BCUT2D eigenvalue weighted by Crippen LogP contribution is -2.61. The fourth-order valence-electron chi connectivity index (χ4n) is 6.83. The van der Waals surface area contributed by atoms with Crippen molar-refractivity contribution in [2.45, 2.75) is 134 Å². The highest BCUT2D eigenvalue weighted by Crippen LogP contribution is 2.20. The topological polar surface area (TPSA) is 451 Å². The number of fused-ring (bicyclic) bond motifs is 1. The van der Waals surface area contributed by atoms with E-state index in [1.807, 2.05) is 18.2 Å². The van der Waals surface area contributed by atoms with E-state index in [2.05, 4.69) is 47.2 Å². The molecule has 2 rings (SSSR count). The van der Waals surface area contributed by atoms with Crippen molar-refractivity contribution in [3.63, 3.8) is 0 Å². The summed E-state index contributed by atoms with van der Waals surface area (Å²) in [5.74, 6) is -10.4. The van der Waals surface area contributed by atoms with Crippen LogP contribution in [0, 0.1) is 5.92 Å². The summed E-state index contributed by atoms with van der Waals surface area (Å²) in [6.07, 6.45) is 0.418. The Balaban J connectivity index is 2.29. The van der Waals surface area contributed by atoms with Crippen LogP contribution >= 0.6 is 0 Å². The van der Waals surface area contributed by atoms with Crippen molar-refractivity contribution in [2.24, 2.45) is 33.8 Å². The number of hydrogen-bond acceptors (Lipinski definition) is 14. The van der Waals surface area contributed by atoms with Crippen LogP contribution in [0.15, 0.2) is 35.5 Å². The first-order valence-electron chi connectivity index (χ1n) is 22.4. The van der Waals surface area contributed by atoms with Gasteiger partial charge >= 0.3 is 11.9 Å². The lowest BCUT2D eigenvalue weighted by Gasteiger charge is -2.27. The second-order valence-corrected chi connectivity index (χ2v) is 16.9. The Morgan fingerprint density at radius 1 is 0.681 bits per heavy atom. The standard InChI is InChI=1S/C43H69N13O13/c1-21(2)16-31(42(68)69)54-41(67)34(23(4)58)56-39(65)30(18-33(59)60)52-35(61)22(3)50-40(66)32(20-57)55-37(63)28(13-9-15-48-43(46)47)51-38(64)29(53-36(62)26(45)11-7-8-14-44)17-24-19-49-27-12-6-5-10-25(24)27/h5-6,10,12,19,21-23,26,28-32,34,49,57-58H,7-9,11,13-18,20,44-45H2,1-4H3,(H,50,66)(H,51,64)(H,52,61)(H,53,62)(H,54,67)(H,55,63)(H,56,65)(H,59,60)(H,68,69)(H4,46,47,48)/t22-,23+,26-,28-,29-,30-,31-,32-,34-/m0/s1. The number of aliphatic imine (C=N–C) groups is 1. The second-order valence-electron chi connectivity index (χ2n) is 16.9. The molecule has 0 radical (unpaired) electrons. The van der Waals surface area contributed by atoms with Crippen LogP contribution in [0.2, 0.25) is 0 Å². The Hall–Kier alpha value is -6.90. The number of carbonyl (C=O) groups is 9. The molecule has 69 heavy (non-hydrogen) atoms. The quantitative estimate of drug-likeness (QED) is 0.0193. The van der Waals surface area contributed by atoms with Crippen LogP contribution < -0.4 is 60.2 Å². The molecule has 0 saturated carbocycles. The number of carboxylic acid groups (broad SMARTS) is 2. The molecule has 384 valence electrons. The lowest BCUT2D eigenvalue weighted by atomic mass is 10.0. The summed E-state index contributed by atoms with van der Waals surface area (Å²) < 4.78 is 0. The van der Waals surface area contributed by atoms with Crippen molar-refractivity contribution in [1.82, 2.24) is 42.2 Å². The number of aromatic amines is 1. The van der Waals surface area contributed by atoms with Crippen molar-refractivity contribution in [3.8, 4) is 0 Å². The summed E-state index contributed by atoms with van der Waals surface area (Å²) >= 11 is 0. The highest BCUT2D eigenvalue weighted by molar-refractivity contribution is 5.98. The number of nitrogens with zero attached hydrogens (tertiary/aromatic N) is 1. The number of guanidine groups is 1. The molecule has 1 heterocycles. The number of aliphatic hydroxyl groups is 2. The largest absolute Gasteiger partial charge is 0.481 e. The summed E-state index contributed by atoms with van der Waals surface area (Å²) in [5, 5.41) is 56.7. The fraction of sp³-hybridized carbons (Fsp3) is 0.581. The molecule has 0 fully saturated rings. The number of amides is 7. The van der Waals surface area contributed by atoms with Gasteiger partial charge in [-0.2, -0.15) is 0 Å². The van der Waals surface area contributed by atoms with Gasteiger partial charge in [0.25, 0.3) is 0 Å². The molecular formula is C43H69N13O13. The molecular weight excluding hydrogens is 907 g/mol. The Morgan fingerprint density at radius 3 is 1.86 bits per heavy atom. The number of nitrogens with one attached hydrogen (secondary N) is 8. The van der Waals surface area contributed by atoms with Gasteiger partial charge < -0.3 is 85.6 Å². The van der Waals surface area contributed by atoms with Crippen LogP contribution in [0.3, 0.4) is 0 Å². The number of benzene rings is 1. The van der Waals surface area contributed by atoms with Gasteiger partial charge in [0.15, 0.2) is 5.96 Å². The number of carboxylic acids is 2. The number of aliphatic carboxylic acids is 2. The smallest absolute Gasteiger partial charge is 0.326 e. The molecule has 0 aliphatic heterocycles.